The third-order valence-corrected chi connectivity index (χ3v) is 4.62. The maximum absolute atomic E-state index is 12.3. The highest BCUT2D eigenvalue weighted by Gasteiger charge is 2.23. The van der Waals surface area contributed by atoms with E-state index in [4.69, 9.17) is 4.52 Å². The van der Waals surface area contributed by atoms with Crippen LogP contribution in [0.3, 0.4) is 0 Å². The first-order valence-corrected chi connectivity index (χ1v) is 8.04. The van der Waals surface area contributed by atoms with Gasteiger partial charge in [-0.1, -0.05) is 11.2 Å². The van der Waals surface area contributed by atoms with Gasteiger partial charge in [-0.3, -0.25) is 9.59 Å². The number of carbonyl (C=O) groups is 2. The van der Waals surface area contributed by atoms with E-state index in [1.165, 1.54) is 0 Å². The quantitative estimate of drug-likeness (QED) is 0.862. The number of piperazine rings is 1. The van der Waals surface area contributed by atoms with E-state index in [1.807, 2.05) is 23.6 Å². The molecule has 0 radical (unpaired) electrons. The summed E-state index contributed by atoms with van der Waals surface area (Å²) in [6.07, 6.45) is 0.231. The smallest absolute Gasteiger partial charge is 0.228 e. The van der Waals surface area contributed by atoms with Crippen LogP contribution in [0.5, 0.6) is 0 Å². The number of nitrogens with zero attached hydrogens (tertiary/aromatic N) is 3. The van der Waals surface area contributed by atoms with Gasteiger partial charge in [-0.15, -0.1) is 11.3 Å². The van der Waals surface area contributed by atoms with Crippen molar-refractivity contribution in [2.45, 2.75) is 13.3 Å². The van der Waals surface area contributed by atoms with Crippen molar-refractivity contribution in [3.05, 3.63) is 29.3 Å². The SMILES string of the molecule is CC(=O)N1CCN(C(=O)Cc2cc(-c3cccs3)on2)CC1. The van der Waals surface area contributed by atoms with Crippen LogP contribution in [0.15, 0.2) is 28.1 Å². The van der Waals surface area contributed by atoms with E-state index in [2.05, 4.69) is 5.16 Å². The molecule has 2 aromatic rings. The molecule has 22 heavy (non-hydrogen) atoms. The Morgan fingerprint density at radius 3 is 2.64 bits per heavy atom. The van der Waals surface area contributed by atoms with E-state index in [0.29, 0.717) is 37.6 Å². The monoisotopic (exact) mass is 319 g/mol. The van der Waals surface area contributed by atoms with Gasteiger partial charge in [-0.2, -0.15) is 0 Å². The average molecular weight is 319 g/mol. The molecule has 0 saturated carbocycles. The van der Waals surface area contributed by atoms with Gasteiger partial charge in [0.15, 0.2) is 5.76 Å². The van der Waals surface area contributed by atoms with Gasteiger partial charge in [0.25, 0.3) is 0 Å². The third-order valence-electron chi connectivity index (χ3n) is 3.73. The standard InChI is InChI=1S/C15H17N3O3S/c1-11(19)17-4-6-18(7-5-17)15(20)10-12-9-13(21-16-12)14-3-2-8-22-14/h2-3,8-9H,4-7,10H2,1H3. The molecule has 6 nitrogen and oxygen atoms in total. The molecule has 1 saturated heterocycles. The molecule has 116 valence electrons. The molecule has 2 aromatic heterocycles. The minimum atomic E-state index is 0.0224. The van der Waals surface area contributed by atoms with E-state index in [1.54, 1.807) is 28.1 Å². The zero-order valence-corrected chi connectivity index (χ0v) is 13.1. The van der Waals surface area contributed by atoms with Crippen molar-refractivity contribution >= 4 is 23.2 Å². The molecular formula is C15H17N3O3S. The van der Waals surface area contributed by atoms with Crippen LogP contribution in [-0.2, 0) is 16.0 Å². The van der Waals surface area contributed by atoms with Gasteiger partial charge in [-0.25, -0.2) is 0 Å². The maximum Gasteiger partial charge on any atom is 0.228 e. The van der Waals surface area contributed by atoms with Crippen LogP contribution in [0.1, 0.15) is 12.6 Å². The summed E-state index contributed by atoms with van der Waals surface area (Å²) < 4.78 is 5.28. The van der Waals surface area contributed by atoms with E-state index < -0.39 is 0 Å². The Morgan fingerprint density at radius 1 is 1.27 bits per heavy atom. The number of hydrogen-bond acceptors (Lipinski definition) is 5. The fourth-order valence-electron chi connectivity index (χ4n) is 2.47. The highest BCUT2D eigenvalue weighted by molar-refractivity contribution is 7.13. The normalized spacial score (nSPS) is 15.1. The van der Waals surface area contributed by atoms with Crippen LogP contribution < -0.4 is 0 Å². The van der Waals surface area contributed by atoms with Gasteiger partial charge in [0.05, 0.1) is 17.0 Å². The van der Waals surface area contributed by atoms with Crippen LogP contribution in [0.4, 0.5) is 0 Å². The molecule has 1 fully saturated rings. The second kappa shape index (κ2) is 6.31. The lowest BCUT2D eigenvalue weighted by atomic mass is 10.2. The molecule has 3 rings (SSSR count). The van der Waals surface area contributed by atoms with Crippen LogP contribution in [0.25, 0.3) is 10.6 Å². The first kappa shape index (κ1) is 14.8. The largest absolute Gasteiger partial charge is 0.355 e. The van der Waals surface area contributed by atoms with Gasteiger partial charge in [0.2, 0.25) is 11.8 Å². The first-order chi connectivity index (χ1) is 10.6. The fraction of sp³-hybridized carbons (Fsp3) is 0.400. The second-order valence-corrected chi connectivity index (χ2v) is 6.17. The van der Waals surface area contributed by atoms with Crippen molar-refractivity contribution in [1.29, 1.82) is 0 Å². The minimum absolute atomic E-state index is 0.0224. The summed E-state index contributed by atoms with van der Waals surface area (Å²) in [5.41, 5.74) is 0.641. The zero-order chi connectivity index (χ0) is 15.5. The first-order valence-electron chi connectivity index (χ1n) is 7.16. The molecule has 1 aliphatic heterocycles. The molecule has 0 atom stereocenters. The van der Waals surface area contributed by atoms with E-state index in [0.717, 1.165) is 4.88 Å². The number of thiophene rings is 1. The second-order valence-electron chi connectivity index (χ2n) is 5.22. The summed E-state index contributed by atoms with van der Waals surface area (Å²) in [4.78, 5) is 28.1. The number of carbonyl (C=O) groups excluding carboxylic acids is 2. The Labute approximate surface area is 132 Å². The number of hydrogen-bond donors (Lipinski definition) is 0. The van der Waals surface area contributed by atoms with Gasteiger partial charge in [-0.05, 0) is 11.4 Å². The molecule has 0 aromatic carbocycles. The molecular weight excluding hydrogens is 302 g/mol. The summed E-state index contributed by atoms with van der Waals surface area (Å²) in [5, 5.41) is 5.94. The topological polar surface area (TPSA) is 66.7 Å². The highest BCUT2D eigenvalue weighted by Crippen LogP contribution is 2.25. The highest BCUT2D eigenvalue weighted by atomic mass is 32.1. The van der Waals surface area contributed by atoms with Crippen LogP contribution in [0, 0.1) is 0 Å². The van der Waals surface area contributed by atoms with Crippen molar-refractivity contribution in [3.8, 4) is 10.6 Å². The van der Waals surface area contributed by atoms with Crippen LogP contribution >= 0.6 is 11.3 Å². The van der Waals surface area contributed by atoms with E-state index in [9.17, 15) is 9.59 Å². The number of aromatic nitrogens is 1. The Balaban J connectivity index is 1.57. The van der Waals surface area contributed by atoms with Gasteiger partial charge >= 0.3 is 0 Å². The Morgan fingerprint density at radius 2 is 2.00 bits per heavy atom. The summed E-state index contributed by atoms with van der Waals surface area (Å²) >= 11 is 1.57. The Kier molecular flexibility index (Phi) is 4.24. The summed E-state index contributed by atoms with van der Waals surface area (Å²) in [6, 6.07) is 5.72. The van der Waals surface area contributed by atoms with Crippen LogP contribution in [0.2, 0.25) is 0 Å². The van der Waals surface area contributed by atoms with Gasteiger partial charge < -0.3 is 14.3 Å². The molecule has 3 heterocycles. The molecule has 2 amide bonds. The molecule has 0 spiro atoms. The molecule has 0 aliphatic carbocycles. The number of rotatable bonds is 3. The van der Waals surface area contributed by atoms with Crippen molar-refractivity contribution in [2.24, 2.45) is 0 Å². The summed E-state index contributed by atoms with van der Waals surface area (Å²) in [7, 11) is 0. The summed E-state index contributed by atoms with van der Waals surface area (Å²) in [6.45, 7) is 3.90. The predicted molar refractivity (Wildman–Crippen MR) is 82.4 cm³/mol. The van der Waals surface area contributed by atoms with Gasteiger partial charge in [0.1, 0.15) is 0 Å². The lowest BCUT2D eigenvalue weighted by Gasteiger charge is -2.34. The fourth-order valence-corrected chi connectivity index (χ4v) is 3.14. The zero-order valence-electron chi connectivity index (χ0n) is 12.3. The Bertz CT molecular complexity index is 657. The molecule has 0 N–H and O–H groups in total. The van der Waals surface area contributed by atoms with Crippen molar-refractivity contribution in [1.82, 2.24) is 15.0 Å². The molecule has 7 heteroatoms. The van der Waals surface area contributed by atoms with E-state index >= 15 is 0 Å². The minimum Gasteiger partial charge on any atom is -0.355 e. The predicted octanol–water partition coefficient (Wildman–Crippen LogP) is 1.64. The van der Waals surface area contributed by atoms with Crippen molar-refractivity contribution < 1.29 is 14.1 Å². The van der Waals surface area contributed by atoms with Crippen LogP contribution in [-0.4, -0.2) is 52.9 Å². The molecule has 0 unspecified atom stereocenters. The van der Waals surface area contributed by atoms with Gasteiger partial charge in [0, 0.05) is 39.2 Å². The molecule has 0 bridgehead atoms. The lowest BCUT2D eigenvalue weighted by Crippen LogP contribution is -2.50. The van der Waals surface area contributed by atoms with Crippen molar-refractivity contribution in [3.63, 3.8) is 0 Å². The third kappa shape index (κ3) is 3.19. The van der Waals surface area contributed by atoms with E-state index in [-0.39, 0.29) is 18.2 Å². The van der Waals surface area contributed by atoms with Crippen molar-refractivity contribution in [2.75, 3.05) is 26.2 Å². The molecule has 1 aliphatic rings. The maximum atomic E-state index is 12.3. The lowest BCUT2D eigenvalue weighted by molar-refractivity contribution is -0.138. The number of amides is 2. The Hall–Kier alpha value is -2.15. The summed E-state index contributed by atoms with van der Waals surface area (Å²) in [5.74, 6) is 0.776. The average Bonchev–Trinajstić information content (AvgIpc) is 3.18.